The molecule has 0 radical (unpaired) electrons. The molecule has 3 N–H and O–H groups in total. The number of nitrogens with two attached hydrogens (primary N) is 1. The fourth-order valence-electron chi connectivity index (χ4n) is 1.79. The minimum Gasteiger partial charge on any atom is -0.399 e. The summed E-state index contributed by atoms with van der Waals surface area (Å²) in [6.45, 7) is 6.36. The average Bonchev–Trinajstić information content (AvgIpc) is 2.13. The smallest absolute Gasteiger partial charge is 0.127 e. The molecule has 0 saturated heterocycles. The van der Waals surface area contributed by atoms with Crippen molar-refractivity contribution in [3.05, 3.63) is 18.3 Å². The van der Waals surface area contributed by atoms with Gasteiger partial charge in [0.15, 0.2) is 0 Å². The Morgan fingerprint density at radius 3 is 2.69 bits per heavy atom. The predicted molar refractivity (Wildman–Crippen MR) is 69.5 cm³/mol. The van der Waals surface area contributed by atoms with Crippen molar-refractivity contribution in [3.63, 3.8) is 0 Å². The van der Waals surface area contributed by atoms with Gasteiger partial charge in [-0.3, -0.25) is 0 Å². The van der Waals surface area contributed by atoms with Gasteiger partial charge < -0.3 is 16.0 Å². The Balaban J connectivity index is 2.50. The molecule has 1 rings (SSSR count). The van der Waals surface area contributed by atoms with E-state index in [4.69, 9.17) is 5.73 Å². The number of nitrogens with one attached hydrogen (secondary N) is 1. The maximum atomic E-state index is 5.69. The number of hydrogen-bond donors (Lipinski definition) is 2. The molecule has 0 atom stereocenters. The largest absolute Gasteiger partial charge is 0.399 e. The van der Waals surface area contributed by atoms with Gasteiger partial charge >= 0.3 is 0 Å². The minimum absolute atomic E-state index is 0.204. The zero-order valence-electron chi connectivity index (χ0n) is 10.6. The molecular formula is C12H22N4. The molecule has 16 heavy (non-hydrogen) atoms. The lowest BCUT2D eigenvalue weighted by Gasteiger charge is -2.28. The van der Waals surface area contributed by atoms with Crippen molar-refractivity contribution in [1.29, 1.82) is 0 Å². The van der Waals surface area contributed by atoms with Crippen LogP contribution in [0.2, 0.25) is 0 Å². The first kappa shape index (κ1) is 12.8. The van der Waals surface area contributed by atoms with Crippen LogP contribution in [0.1, 0.15) is 13.8 Å². The second kappa shape index (κ2) is 5.16. The fourth-order valence-corrected chi connectivity index (χ4v) is 1.79. The summed E-state index contributed by atoms with van der Waals surface area (Å²) in [7, 11) is 4.17. The third-order valence-electron chi connectivity index (χ3n) is 2.28. The van der Waals surface area contributed by atoms with Crippen LogP contribution in [0.3, 0.4) is 0 Å². The summed E-state index contributed by atoms with van der Waals surface area (Å²) < 4.78 is 0. The second-order valence-corrected chi connectivity index (χ2v) is 5.23. The molecule has 0 bridgehead atoms. The Morgan fingerprint density at radius 2 is 2.12 bits per heavy atom. The van der Waals surface area contributed by atoms with Gasteiger partial charge in [-0.25, -0.2) is 4.98 Å². The number of pyridine rings is 1. The molecule has 0 aliphatic rings. The highest BCUT2D eigenvalue weighted by Crippen LogP contribution is 2.17. The van der Waals surface area contributed by atoms with Gasteiger partial charge in [0.25, 0.3) is 0 Å². The molecule has 4 heteroatoms. The number of anilines is 2. The maximum Gasteiger partial charge on any atom is 0.127 e. The molecule has 1 aromatic heterocycles. The van der Waals surface area contributed by atoms with E-state index >= 15 is 0 Å². The molecule has 0 aliphatic carbocycles. The average molecular weight is 222 g/mol. The maximum absolute atomic E-state index is 5.69. The van der Waals surface area contributed by atoms with Crippen LogP contribution in [0.5, 0.6) is 0 Å². The number of rotatable bonds is 5. The Morgan fingerprint density at radius 1 is 1.44 bits per heavy atom. The van der Waals surface area contributed by atoms with Crippen molar-refractivity contribution in [3.8, 4) is 0 Å². The van der Waals surface area contributed by atoms with Crippen LogP contribution in [-0.4, -0.2) is 37.1 Å². The van der Waals surface area contributed by atoms with E-state index in [0.29, 0.717) is 0 Å². The highest BCUT2D eigenvalue weighted by molar-refractivity contribution is 5.48. The number of aromatic nitrogens is 1. The van der Waals surface area contributed by atoms with Gasteiger partial charge in [0.2, 0.25) is 0 Å². The molecule has 0 amide bonds. The Kier molecular flexibility index (Phi) is 4.12. The van der Waals surface area contributed by atoms with Gasteiger partial charge in [-0.15, -0.1) is 0 Å². The molecule has 0 fully saturated rings. The molecule has 4 nitrogen and oxygen atoms in total. The summed E-state index contributed by atoms with van der Waals surface area (Å²) >= 11 is 0. The summed E-state index contributed by atoms with van der Waals surface area (Å²) in [5, 5.41) is 3.31. The molecule has 0 aromatic carbocycles. The summed E-state index contributed by atoms with van der Waals surface area (Å²) in [5.41, 5.74) is 6.63. The Hall–Kier alpha value is -1.29. The predicted octanol–water partition coefficient (Wildman–Crippen LogP) is 1.66. The van der Waals surface area contributed by atoms with E-state index in [1.807, 2.05) is 6.07 Å². The topological polar surface area (TPSA) is 54.2 Å². The first-order chi connectivity index (χ1) is 7.39. The Labute approximate surface area is 97.9 Å². The minimum atomic E-state index is 0.204. The van der Waals surface area contributed by atoms with Crippen molar-refractivity contribution < 1.29 is 0 Å². The van der Waals surface area contributed by atoms with Crippen molar-refractivity contribution >= 4 is 11.5 Å². The fraction of sp³-hybridized carbons (Fsp3) is 0.583. The monoisotopic (exact) mass is 222 g/mol. The van der Waals surface area contributed by atoms with Gasteiger partial charge in [-0.2, -0.15) is 0 Å². The van der Waals surface area contributed by atoms with Gasteiger partial charge in [-0.05, 0) is 25.6 Å². The van der Waals surface area contributed by atoms with E-state index in [1.54, 1.807) is 12.3 Å². The molecule has 0 spiro atoms. The van der Waals surface area contributed by atoms with Gasteiger partial charge in [0, 0.05) is 31.0 Å². The molecule has 0 aliphatic heterocycles. The lowest BCUT2D eigenvalue weighted by atomic mass is 9.93. The summed E-state index contributed by atoms with van der Waals surface area (Å²) in [5.74, 6) is 0.840. The molecular weight excluding hydrogens is 200 g/mol. The zero-order valence-corrected chi connectivity index (χ0v) is 10.6. The van der Waals surface area contributed by atoms with Crippen molar-refractivity contribution in [2.24, 2.45) is 5.41 Å². The lowest BCUT2D eigenvalue weighted by Crippen LogP contribution is -2.34. The first-order valence-corrected chi connectivity index (χ1v) is 5.49. The van der Waals surface area contributed by atoms with Crippen LogP contribution < -0.4 is 11.1 Å². The van der Waals surface area contributed by atoms with E-state index in [0.717, 1.165) is 24.6 Å². The molecule has 1 heterocycles. The van der Waals surface area contributed by atoms with Gasteiger partial charge in [-0.1, -0.05) is 13.8 Å². The van der Waals surface area contributed by atoms with Crippen molar-refractivity contribution in [2.75, 3.05) is 38.2 Å². The normalized spacial score (nSPS) is 11.8. The van der Waals surface area contributed by atoms with E-state index in [9.17, 15) is 0 Å². The van der Waals surface area contributed by atoms with Crippen LogP contribution in [0.25, 0.3) is 0 Å². The highest BCUT2D eigenvalue weighted by Gasteiger charge is 2.18. The van der Waals surface area contributed by atoms with Crippen LogP contribution in [0.4, 0.5) is 11.5 Å². The quantitative estimate of drug-likeness (QED) is 0.795. The van der Waals surface area contributed by atoms with Crippen molar-refractivity contribution in [2.45, 2.75) is 13.8 Å². The summed E-state index contributed by atoms with van der Waals surface area (Å²) in [6.07, 6.45) is 1.72. The first-order valence-electron chi connectivity index (χ1n) is 5.49. The van der Waals surface area contributed by atoms with Gasteiger partial charge in [0.1, 0.15) is 5.82 Å². The molecule has 0 saturated carbocycles. The van der Waals surface area contributed by atoms with Crippen LogP contribution in [-0.2, 0) is 0 Å². The van der Waals surface area contributed by atoms with E-state index in [-0.39, 0.29) is 5.41 Å². The molecule has 90 valence electrons. The molecule has 0 unspecified atom stereocenters. The SMILES string of the molecule is CN(C)CC(C)(C)CNc1cc(N)ccn1. The standard InChI is InChI=1S/C12H22N4/c1-12(2,9-16(3)4)8-15-11-7-10(13)5-6-14-11/h5-7H,8-9H2,1-4H3,(H3,13,14,15). The number of nitrogens with zero attached hydrogens (tertiary/aromatic N) is 2. The van der Waals surface area contributed by atoms with E-state index in [2.05, 4.69) is 43.1 Å². The third-order valence-corrected chi connectivity index (χ3v) is 2.28. The highest BCUT2D eigenvalue weighted by atomic mass is 15.1. The summed E-state index contributed by atoms with van der Waals surface area (Å²) in [6, 6.07) is 3.64. The lowest BCUT2D eigenvalue weighted by molar-refractivity contribution is 0.254. The Bertz CT molecular complexity index is 334. The zero-order chi connectivity index (χ0) is 12.2. The number of hydrogen-bond acceptors (Lipinski definition) is 4. The second-order valence-electron chi connectivity index (χ2n) is 5.23. The van der Waals surface area contributed by atoms with Gasteiger partial charge in [0.05, 0.1) is 0 Å². The summed E-state index contributed by atoms with van der Waals surface area (Å²) in [4.78, 5) is 6.41. The molecule has 1 aromatic rings. The number of nitrogen functional groups attached to an aromatic ring is 1. The van der Waals surface area contributed by atoms with Crippen LogP contribution in [0.15, 0.2) is 18.3 Å². The van der Waals surface area contributed by atoms with Crippen LogP contribution >= 0.6 is 0 Å². The third kappa shape index (κ3) is 4.49. The van der Waals surface area contributed by atoms with Crippen LogP contribution in [0, 0.1) is 5.41 Å². The van der Waals surface area contributed by atoms with E-state index < -0.39 is 0 Å². The van der Waals surface area contributed by atoms with Crippen molar-refractivity contribution in [1.82, 2.24) is 9.88 Å². The van der Waals surface area contributed by atoms with E-state index in [1.165, 1.54) is 0 Å².